The van der Waals surface area contributed by atoms with E-state index in [2.05, 4.69) is 6.07 Å². The molecule has 6 nitrogen and oxygen atoms in total. The van der Waals surface area contributed by atoms with Crippen LogP contribution < -0.4 is 5.56 Å². The molecule has 4 rings (SSSR count). The molecule has 1 aromatic heterocycles. The Bertz CT molecular complexity index is 1480. The Hall–Kier alpha value is -3.40. The summed E-state index contributed by atoms with van der Waals surface area (Å²) in [6.45, 7) is 5.41. The number of ketones is 1. The Morgan fingerprint density at radius 1 is 1.08 bits per heavy atom. The van der Waals surface area contributed by atoms with Gasteiger partial charge in [-0.05, 0) is 69.0 Å². The highest BCUT2D eigenvalue weighted by molar-refractivity contribution is 6.33. The number of esters is 1. The third kappa shape index (κ3) is 6.72. The summed E-state index contributed by atoms with van der Waals surface area (Å²) in [5.41, 5.74) is 1.35. The van der Waals surface area contributed by atoms with Crippen molar-refractivity contribution in [1.82, 2.24) is 4.57 Å². The lowest BCUT2D eigenvalue weighted by Gasteiger charge is -2.21. The molecule has 2 aromatic carbocycles. The molecular formula is C30H28Cl2N2O4. The van der Waals surface area contributed by atoms with Crippen LogP contribution in [0.15, 0.2) is 59.5 Å². The number of hydrogen-bond donors (Lipinski definition) is 0. The molecule has 1 fully saturated rings. The number of rotatable bonds is 8. The average Bonchev–Trinajstić information content (AvgIpc) is 3.67. The number of aromatic nitrogens is 1. The molecule has 1 heterocycles. The van der Waals surface area contributed by atoms with E-state index >= 15 is 0 Å². The SMILES string of the molecule is CC(C)(C)OC(=O)c1ccc(CC(=O)C(CC2CC2)n2cc(Cl)c(-c3cc(Cl)ccc3C#N)cc2=O)cc1. The first-order valence-electron chi connectivity index (χ1n) is 12.4. The highest BCUT2D eigenvalue weighted by Crippen LogP contribution is 2.38. The van der Waals surface area contributed by atoms with E-state index in [1.165, 1.54) is 16.8 Å². The number of ether oxygens (including phenoxy) is 1. The zero-order chi connectivity index (χ0) is 27.6. The number of halogens is 2. The predicted octanol–water partition coefficient (Wildman–Crippen LogP) is 6.80. The van der Waals surface area contributed by atoms with E-state index in [4.69, 9.17) is 27.9 Å². The van der Waals surface area contributed by atoms with Gasteiger partial charge < -0.3 is 9.30 Å². The van der Waals surface area contributed by atoms with Crippen molar-refractivity contribution < 1.29 is 14.3 Å². The number of carbonyl (C=O) groups excluding carboxylic acids is 2. The van der Waals surface area contributed by atoms with Gasteiger partial charge in [-0.1, -0.05) is 48.2 Å². The van der Waals surface area contributed by atoms with Crippen LogP contribution in [-0.2, 0) is 16.0 Å². The van der Waals surface area contributed by atoms with Crippen LogP contribution in [0.4, 0.5) is 0 Å². The first kappa shape index (κ1) is 27.6. The molecule has 3 aromatic rings. The molecule has 196 valence electrons. The van der Waals surface area contributed by atoms with E-state index in [0.717, 1.165) is 18.4 Å². The second-order valence-corrected chi connectivity index (χ2v) is 11.5. The number of pyridine rings is 1. The standard InChI is InChI=1S/C30H28Cl2N2O4/c1-30(2,3)38-29(37)20-8-6-19(7-9-20)13-27(35)26(12-18-4-5-18)34-17-25(32)24(15-28(34)36)23-14-22(31)11-10-21(23)16-33/h6-11,14-15,17-18,26H,4-5,12-13H2,1-3H3. The van der Waals surface area contributed by atoms with Gasteiger partial charge in [0.15, 0.2) is 5.78 Å². The third-order valence-electron chi connectivity index (χ3n) is 6.35. The molecule has 0 spiro atoms. The molecule has 0 amide bonds. The lowest BCUT2D eigenvalue weighted by atomic mass is 9.97. The third-order valence-corrected chi connectivity index (χ3v) is 6.89. The lowest BCUT2D eigenvalue weighted by Crippen LogP contribution is -2.31. The van der Waals surface area contributed by atoms with Gasteiger partial charge >= 0.3 is 5.97 Å². The van der Waals surface area contributed by atoms with E-state index in [1.807, 2.05) is 0 Å². The molecule has 0 radical (unpaired) electrons. The molecule has 0 bridgehead atoms. The largest absolute Gasteiger partial charge is 0.456 e. The maximum atomic E-state index is 13.5. The fourth-order valence-corrected chi connectivity index (χ4v) is 4.73. The monoisotopic (exact) mass is 550 g/mol. The highest BCUT2D eigenvalue weighted by atomic mass is 35.5. The fraction of sp³-hybridized carbons (Fsp3) is 0.333. The fourth-order valence-electron chi connectivity index (χ4n) is 4.29. The molecule has 0 saturated heterocycles. The minimum Gasteiger partial charge on any atom is -0.456 e. The molecule has 1 aliphatic rings. The van der Waals surface area contributed by atoms with Crippen molar-refractivity contribution in [3.05, 3.63) is 91.8 Å². The summed E-state index contributed by atoms with van der Waals surface area (Å²) in [5, 5.41) is 10.2. The Morgan fingerprint density at radius 3 is 2.37 bits per heavy atom. The van der Waals surface area contributed by atoms with Crippen molar-refractivity contribution in [1.29, 1.82) is 5.26 Å². The van der Waals surface area contributed by atoms with Crippen molar-refractivity contribution in [3.63, 3.8) is 0 Å². The van der Waals surface area contributed by atoms with Crippen LogP contribution in [0.3, 0.4) is 0 Å². The summed E-state index contributed by atoms with van der Waals surface area (Å²) < 4.78 is 6.80. The van der Waals surface area contributed by atoms with Crippen LogP contribution in [0.5, 0.6) is 0 Å². The molecule has 38 heavy (non-hydrogen) atoms. The average molecular weight is 551 g/mol. The van der Waals surface area contributed by atoms with Gasteiger partial charge in [0.1, 0.15) is 5.60 Å². The summed E-state index contributed by atoms with van der Waals surface area (Å²) in [6, 6.07) is 14.3. The smallest absolute Gasteiger partial charge is 0.338 e. The zero-order valence-corrected chi connectivity index (χ0v) is 23.0. The molecular weight excluding hydrogens is 523 g/mol. The van der Waals surface area contributed by atoms with Gasteiger partial charge in [-0.25, -0.2) is 4.79 Å². The predicted molar refractivity (Wildman–Crippen MR) is 148 cm³/mol. The zero-order valence-electron chi connectivity index (χ0n) is 21.5. The summed E-state index contributed by atoms with van der Waals surface area (Å²) >= 11 is 12.7. The summed E-state index contributed by atoms with van der Waals surface area (Å²) in [5.74, 6) is -0.169. The van der Waals surface area contributed by atoms with Crippen molar-refractivity contribution in [2.45, 2.75) is 58.1 Å². The summed E-state index contributed by atoms with van der Waals surface area (Å²) in [6.07, 6.45) is 4.17. The Labute approximate surface area is 231 Å². The Kier molecular flexibility index (Phi) is 8.10. The van der Waals surface area contributed by atoms with E-state index < -0.39 is 17.6 Å². The normalized spacial score (nSPS) is 14.0. The molecule has 0 N–H and O–H groups in total. The molecule has 8 heteroatoms. The second-order valence-electron chi connectivity index (χ2n) is 10.6. The minimum absolute atomic E-state index is 0.102. The van der Waals surface area contributed by atoms with Crippen LogP contribution in [-0.4, -0.2) is 21.9 Å². The summed E-state index contributed by atoms with van der Waals surface area (Å²) in [4.78, 5) is 39.1. The number of hydrogen-bond acceptors (Lipinski definition) is 5. The van der Waals surface area contributed by atoms with Gasteiger partial charge in [0.25, 0.3) is 5.56 Å². The number of benzene rings is 2. The quantitative estimate of drug-likeness (QED) is 0.287. The number of carbonyl (C=O) groups is 2. The van der Waals surface area contributed by atoms with Crippen molar-refractivity contribution in [2.75, 3.05) is 0 Å². The molecule has 1 atom stereocenters. The molecule has 1 saturated carbocycles. The number of Topliss-reactive ketones (excluding diaryl/α,β-unsaturated/α-hetero) is 1. The van der Waals surface area contributed by atoms with E-state index in [0.29, 0.717) is 39.6 Å². The lowest BCUT2D eigenvalue weighted by molar-refractivity contribution is -0.122. The molecule has 1 aliphatic carbocycles. The van der Waals surface area contributed by atoms with Gasteiger partial charge in [-0.15, -0.1) is 0 Å². The Balaban J connectivity index is 1.60. The van der Waals surface area contributed by atoms with Crippen LogP contribution >= 0.6 is 23.2 Å². The maximum absolute atomic E-state index is 13.5. The van der Waals surface area contributed by atoms with Crippen LogP contribution in [0.25, 0.3) is 11.1 Å². The summed E-state index contributed by atoms with van der Waals surface area (Å²) in [7, 11) is 0. The molecule has 1 unspecified atom stereocenters. The van der Waals surface area contributed by atoms with Crippen LogP contribution in [0.2, 0.25) is 10.0 Å². The van der Waals surface area contributed by atoms with Gasteiger partial charge in [0, 0.05) is 34.8 Å². The topological polar surface area (TPSA) is 89.2 Å². The highest BCUT2D eigenvalue weighted by Gasteiger charge is 2.31. The van der Waals surface area contributed by atoms with Crippen LogP contribution in [0.1, 0.15) is 67.6 Å². The van der Waals surface area contributed by atoms with Crippen molar-refractivity contribution in [2.24, 2.45) is 5.92 Å². The van der Waals surface area contributed by atoms with E-state index in [1.54, 1.807) is 63.2 Å². The number of nitrogens with zero attached hydrogens (tertiary/aromatic N) is 2. The van der Waals surface area contributed by atoms with Gasteiger partial charge in [-0.2, -0.15) is 5.26 Å². The van der Waals surface area contributed by atoms with E-state index in [9.17, 15) is 19.6 Å². The molecule has 0 aliphatic heterocycles. The van der Waals surface area contributed by atoms with Gasteiger partial charge in [0.05, 0.1) is 28.3 Å². The maximum Gasteiger partial charge on any atom is 0.338 e. The van der Waals surface area contributed by atoms with Crippen molar-refractivity contribution in [3.8, 4) is 17.2 Å². The van der Waals surface area contributed by atoms with Gasteiger partial charge in [0.2, 0.25) is 0 Å². The van der Waals surface area contributed by atoms with E-state index in [-0.39, 0.29) is 22.8 Å². The minimum atomic E-state index is -0.679. The van der Waals surface area contributed by atoms with Crippen LogP contribution in [0, 0.1) is 17.2 Å². The van der Waals surface area contributed by atoms with Gasteiger partial charge in [-0.3, -0.25) is 9.59 Å². The van der Waals surface area contributed by atoms with Crippen molar-refractivity contribution >= 4 is 35.0 Å². The second kappa shape index (κ2) is 11.1. The number of nitriles is 1. The first-order chi connectivity index (χ1) is 17.9. The Morgan fingerprint density at radius 2 is 1.76 bits per heavy atom. The first-order valence-corrected chi connectivity index (χ1v) is 13.2.